The van der Waals surface area contributed by atoms with Gasteiger partial charge in [-0.1, -0.05) is 6.07 Å². The zero-order valence-electron chi connectivity index (χ0n) is 17.7. The van der Waals surface area contributed by atoms with Crippen LogP contribution < -0.4 is 10.6 Å². The van der Waals surface area contributed by atoms with Crippen molar-refractivity contribution in [2.45, 2.75) is 19.1 Å². The van der Waals surface area contributed by atoms with Crippen molar-refractivity contribution in [3.05, 3.63) is 22.4 Å². The van der Waals surface area contributed by atoms with Gasteiger partial charge in [0.05, 0.1) is 25.4 Å². The number of nitrogens with one attached hydrogen (secondary N) is 2. The van der Waals surface area contributed by atoms with Gasteiger partial charge >= 0.3 is 0 Å². The van der Waals surface area contributed by atoms with Crippen LogP contribution in [0.1, 0.15) is 17.8 Å². The molecule has 29 heavy (non-hydrogen) atoms. The molecule has 0 spiro atoms. The Hall–Kier alpha value is -0.950. The predicted molar refractivity (Wildman–Crippen MR) is 128 cm³/mol. The number of aliphatic imine (C=N–C) groups is 1. The van der Waals surface area contributed by atoms with E-state index in [0.29, 0.717) is 25.7 Å². The maximum atomic E-state index is 11.9. The number of amides is 1. The van der Waals surface area contributed by atoms with Crippen molar-refractivity contribution < 1.29 is 14.3 Å². The minimum absolute atomic E-state index is 0. The number of hydrogen-bond donors (Lipinski definition) is 2. The first-order chi connectivity index (χ1) is 13.5. The number of likely N-dealkylation sites (N-methyl/N-ethyl adjacent to an activating group) is 1. The number of morpholine rings is 1. The average molecular weight is 539 g/mol. The third kappa shape index (κ3) is 9.16. The zero-order chi connectivity index (χ0) is 20.4. The van der Waals surface area contributed by atoms with Gasteiger partial charge in [-0.25, -0.2) is 4.99 Å². The topological polar surface area (TPSA) is 78.4 Å². The monoisotopic (exact) mass is 539 g/mol. The Bertz CT molecular complexity index is 615. The van der Waals surface area contributed by atoms with Crippen molar-refractivity contribution in [3.63, 3.8) is 0 Å². The summed E-state index contributed by atoms with van der Waals surface area (Å²) in [6.45, 7) is 6.64. The molecule has 0 aromatic carbocycles. The smallest absolute Gasteiger partial charge is 0.243 e. The van der Waals surface area contributed by atoms with Crippen molar-refractivity contribution in [2.24, 2.45) is 4.99 Å². The number of hydrogen-bond acceptors (Lipinski definition) is 6. The van der Waals surface area contributed by atoms with Gasteiger partial charge < -0.3 is 25.0 Å². The third-order valence-corrected chi connectivity index (χ3v) is 5.49. The molecule has 1 fully saturated rings. The van der Waals surface area contributed by atoms with Gasteiger partial charge in [0.1, 0.15) is 6.54 Å². The number of ether oxygens (including phenoxy) is 2. The maximum absolute atomic E-state index is 11.9. The number of halogens is 1. The van der Waals surface area contributed by atoms with E-state index in [-0.39, 0.29) is 48.6 Å². The van der Waals surface area contributed by atoms with Crippen LogP contribution in [0.2, 0.25) is 0 Å². The summed E-state index contributed by atoms with van der Waals surface area (Å²) in [5.41, 5.74) is 0. The molecule has 2 atom stereocenters. The van der Waals surface area contributed by atoms with E-state index in [1.54, 1.807) is 37.4 Å². The second kappa shape index (κ2) is 14.1. The molecule has 0 aliphatic carbocycles. The SMILES string of the molecule is COCCNC(=NCC(=O)N(C)C)NCC(c1cccs1)N1CCOC(C)C1.I. The van der Waals surface area contributed by atoms with Gasteiger partial charge in [-0.3, -0.25) is 9.69 Å². The lowest BCUT2D eigenvalue weighted by atomic mass is 10.1. The largest absolute Gasteiger partial charge is 0.383 e. The molecule has 2 N–H and O–H groups in total. The molecule has 0 radical (unpaired) electrons. The standard InChI is InChI=1S/C19H33N5O3S.HI/c1-15-14-24(8-10-27-15)16(17-6-5-11-28-17)12-21-19(20-7-9-26-4)22-13-18(25)23(2)3;/h5-6,11,15-16H,7-10,12-14H2,1-4H3,(H2,20,21,22);1H. The lowest BCUT2D eigenvalue weighted by Crippen LogP contribution is -2.48. The van der Waals surface area contributed by atoms with Gasteiger partial charge in [0.2, 0.25) is 5.91 Å². The van der Waals surface area contributed by atoms with Gasteiger partial charge in [-0.15, -0.1) is 35.3 Å². The number of carbonyl (C=O) groups is 1. The summed E-state index contributed by atoms with van der Waals surface area (Å²) in [7, 11) is 5.12. The molecule has 1 aromatic rings. The lowest BCUT2D eigenvalue weighted by Gasteiger charge is -2.37. The van der Waals surface area contributed by atoms with Crippen molar-refractivity contribution in [1.29, 1.82) is 0 Å². The summed E-state index contributed by atoms with van der Waals surface area (Å²) in [4.78, 5) is 21.6. The number of rotatable bonds is 9. The first-order valence-corrected chi connectivity index (χ1v) is 10.5. The fraction of sp³-hybridized carbons (Fsp3) is 0.684. The highest BCUT2D eigenvalue weighted by atomic mass is 127. The molecular formula is C19H34IN5O3S. The van der Waals surface area contributed by atoms with Crippen molar-refractivity contribution in [1.82, 2.24) is 20.4 Å². The minimum atomic E-state index is -0.0374. The van der Waals surface area contributed by atoms with Crippen LogP contribution in [0.3, 0.4) is 0 Å². The van der Waals surface area contributed by atoms with E-state index in [1.807, 2.05) is 0 Å². The Morgan fingerprint density at radius 2 is 2.28 bits per heavy atom. The van der Waals surface area contributed by atoms with Crippen LogP contribution in [0.4, 0.5) is 0 Å². The molecule has 1 aliphatic rings. The molecule has 2 unspecified atom stereocenters. The predicted octanol–water partition coefficient (Wildman–Crippen LogP) is 1.40. The quantitative estimate of drug-likeness (QED) is 0.214. The number of methoxy groups -OCH3 is 1. The fourth-order valence-electron chi connectivity index (χ4n) is 2.95. The summed E-state index contributed by atoms with van der Waals surface area (Å²) in [6, 6.07) is 4.48. The van der Waals surface area contributed by atoms with Crippen LogP contribution in [0.25, 0.3) is 0 Å². The van der Waals surface area contributed by atoms with Gasteiger partial charge in [-0.2, -0.15) is 0 Å². The Morgan fingerprint density at radius 1 is 1.48 bits per heavy atom. The molecule has 0 saturated carbocycles. The Balaban J connectivity index is 0.00000420. The van der Waals surface area contributed by atoms with E-state index in [0.717, 1.165) is 19.7 Å². The van der Waals surface area contributed by atoms with E-state index in [2.05, 4.69) is 45.0 Å². The molecule has 1 amide bonds. The second-order valence-electron chi connectivity index (χ2n) is 6.96. The highest BCUT2D eigenvalue weighted by molar-refractivity contribution is 14.0. The molecule has 2 rings (SSSR count). The van der Waals surface area contributed by atoms with E-state index < -0.39 is 0 Å². The maximum Gasteiger partial charge on any atom is 0.243 e. The number of carbonyl (C=O) groups excluding carboxylic acids is 1. The minimum Gasteiger partial charge on any atom is -0.383 e. The summed E-state index contributed by atoms with van der Waals surface area (Å²) in [5.74, 6) is 0.583. The van der Waals surface area contributed by atoms with Gasteiger partial charge in [0.15, 0.2) is 5.96 Å². The van der Waals surface area contributed by atoms with Gasteiger partial charge in [0, 0.05) is 52.3 Å². The third-order valence-electron chi connectivity index (χ3n) is 4.52. The van der Waals surface area contributed by atoms with E-state index in [1.165, 1.54) is 4.88 Å². The number of guanidine groups is 1. The highest BCUT2D eigenvalue weighted by Gasteiger charge is 2.26. The molecule has 2 heterocycles. The van der Waals surface area contributed by atoms with E-state index >= 15 is 0 Å². The van der Waals surface area contributed by atoms with Crippen LogP contribution in [-0.4, -0.2) is 94.9 Å². The number of thiophene rings is 1. The van der Waals surface area contributed by atoms with Crippen LogP contribution >= 0.6 is 35.3 Å². The Labute approximate surface area is 195 Å². The summed E-state index contributed by atoms with van der Waals surface area (Å²) < 4.78 is 10.8. The fourth-order valence-corrected chi connectivity index (χ4v) is 3.81. The Kier molecular flexibility index (Phi) is 12.7. The molecule has 1 saturated heterocycles. The summed E-state index contributed by atoms with van der Waals surface area (Å²) >= 11 is 1.76. The normalized spacial score (nSPS) is 18.6. The van der Waals surface area contributed by atoms with Crippen LogP contribution in [-0.2, 0) is 14.3 Å². The first kappa shape index (κ1) is 26.1. The van der Waals surface area contributed by atoms with Gasteiger partial charge in [0.25, 0.3) is 0 Å². The van der Waals surface area contributed by atoms with Crippen LogP contribution in [0.15, 0.2) is 22.5 Å². The van der Waals surface area contributed by atoms with Gasteiger partial charge in [-0.05, 0) is 18.4 Å². The molecule has 0 bridgehead atoms. The molecule has 1 aliphatic heterocycles. The zero-order valence-corrected chi connectivity index (χ0v) is 20.9. The Morgan fingerprint density at radius 3 is 2.90 bits per heavy atom. The van der Waals surface area contributed by atoms with E-state index in [9.17, 15) is 4.79 Å². The molecular weight excluding hydrogens is 505 g/mol. The number of nitrogens with zero attached hydrogens (tertiary/aromatic N) is 3. The van der Waals surface area contributed by atoms with Crippen molar-refractivity contribution in [2.75, 3.05) is 67.1 Å². The van der Waals surface area contributed by atoms with Crippen LogP contribution in [0.5, 0.6) is 0 Å². The summed E-state index contributed by atoms with van der Waals surface area (Å²) in [6.07, 6.45) is 0.224. The van der Waals surface area contributed by atoms with Crippen LogP contribution in [0, 0.1) is 0 Å². The van der Waals surface area contributed by atoms with Crippen molar-refractivity contribution in [3.8, 4) is 0 Å². The molecule has 8 nitrogen and oxygen atoms in total. The molecule has 166 valence electrons. The second-order valence-corrected chi connectivity index (χ2v) is 7.94. The lowest BCUT2D eigenvalue weighted by molar-refractivity contribution is -0.127. The van der Waals surface area contributed by atoms with Crippen molar-refractivity contribution >= 4 is 47.2 Å². The van der Waals surface area contributed by atoms with E-state index in [4.69, 9.17) is 9.47 Å². The highest BCUT2D eigenvalue weighted by Crippen LogP contribution is 2.26. The summed E-state index contributed by atoms with van der Waals surface area (Å²) in [5, 5.41) is 8.75. The average Bonchev–Trinajstić information content (AvgIpc) is 3.20. The molecule has 10 heteroatoms. The first-order valence-electron chi connectivity index (χ1n) is 9.61. The molecule has 1 aromatic heterocycles.